The van der Waals surface area contributed by atoms with Gasteiger partial charge in [0.2, 0.25) is 0 Å². The maximum absolute atomic E-state index is 12.5. The van der Waals surface area contributed by atoms with Crippen LogP contribution in [-0.4, -0.2) is 23.1 Å². The number of hydrogen-bond acceptors (Lipinski definition) is 3. The van der Waals surface area contributed by atoms with Gasteiger partial charge in [0.1, 0.15) is 6.10 Å². The van der Waals surface area contributed by atoms with Crippen molar-refractivity contribution in [3.8, 4) is 0 Å². The minimum atomic E-state index is -0.554. The zero-order valence-electron chi connectivity index (χ0n) is 14.1. The normalized spacial score (nSPS) is 19.8. The highest BCUT2D eigenvalue weighted by Crippen LogP contribution is 2.23. The summed E-state index contributed by atoms with van der Waals surface area (Å²) in [5, 5.41) is 1.77. The molecule has 2 heterocycles. The van der Waals surface area contributed by atoms with Crippen molar-refractivity contribution >= 4 is 10.8 Å². The quantitative estimate of drug-likeness (QED) is 0.852. The minimum absolute atomic E-state index is 0.0273. The van der Waals surface area contributed by atoms with Crippen LogP contribution in [0.4, 0.5) is 0 Å². The van der Waals surface area contributed by atoms with Crippen LogP contribution in [-0.2, 0) is 16.0 Å². The predicted octanol–water partition coefficient (Wildman–Crippen LogP) is 3.49. The monoisotopic (exact) mass is 303 g/mol. The van der Waals surface area contributed by atoms with Gasteiger partial charge in [0, 0.05) is 11.6 Å². The Hall–Kier alpha value is -1.65. The highest BCUT2D eigenvalue weighted by molar-refractivity contribution is 5.84. The molecular weight excluding hydrogens is 278 g/mol. The van der Waals surface area contributed by atoms with Crippen LogP contribution in [0.15, 0.2) is 35.3 Å². The van der Waals surface area contributed by atoms with Gasteiger partial charge in [-0.2, -0.15) is 0 Å². The first-order chi connectivity index (χ1) is 10.5. The van der Waals surface area contributed by atoms with Gasteiger partial charge < -0.3 is 14.0 Å². The molecule has 1 aromatic heterocycles. The molecule has 1 unspecified atom stereocenters. The van der Waals surface area contributed by atoms with Gasteiger partial charge >= 0.3 is 0 Å². The Balaban J connectivity index is 0.000000847. The van der Waals surface area contributed by atoms with E-state index in [2.05, 4.69) is 0 Å². The average Bonchev–Trinajstić information content (AvgIpc) is 2.84. The molecular formula is C18H25NO3. The second-order valence-electron chi connectivity index (χ2n) is 5.76. The maximum Gasteiger partial charge on any atom is 0.258 e. The average molecular weight is 303 g/mol. The number of nitrogens with zero attached hydrogens (tertiary/aromatic N) is 1. The lowest BCUT2D eigenvalue weighted by molar-refractivity contribution is -0.139. The number of benzene rings is 1. The molecule has 0 amide bonds. The molecule has 0 saturated carbocycles. The Kier molecular flexibility index (Phi) is 5.04. The molecule has 1 atom stereocenters. The van der Waals surface area contributed by atoms with Gasteiger partial charge in [0.15, 0.2) is 5.79 Å². The van der Waals surface area contributed by atoms with Crippen LogP contribution in [0.2, 0.25) is 0 Å². The Morgan fingerprint density at radius 2 is 1.95 bits per heavy atom. The molecule has 1 fully saturated rings. The van der Waals surface area contributed by atoms with Crippen molar-refractivity contribution in [1.29, 1.82) is 0 Å². The van der Waals surface area contributed by atoms with Crippen LogP contribution in [0.5, 0.6) is 0 Å². The van der Waals surface area contributed by atoms with Gasteiger partial charge in [-0.15, -0.1) is 0 Å². The number of aryl methyl sites for hydroxylation is 1. The summed E-state index contributed by atoms with van der Waals surface area (Å²) in [6.45, 7) is 10.8. The fourth-order valence-corrected chi connectivity index (χ4v) is 2.69. The lowest BCUT2D eigenvalue weighted by Gasteiger charge is -2.17. The van der Waals surface area contributed by atoms with E-state index >= 15 is 0 Å². The van der Waals surface area contributed by atoms with Gasteiger partial charge in [0.25, 0.3) is 5.56 Å². The lowest BCUT2D eigenvalue weighted by Crippen LogP contribution is -2.29. The van der Waals surface area contributed by atoms with E-state index in [0.717, 1.165) is 16.3 Å². The molecule has 4 heteroatoms. The zero-order valence-corrected chi connectivity index (χ0v) is 14.1. The number of aromatic nitrogens is 1. The van der Waals surface area contributed by atoms with E-state index in [4.69, 9.17) is 9.47 Å². The molecule has 1 aromatic carbocycles. The van der Waals surface area contributed by atoms with Crippen LogP contribution < -0.4 is 5.56 Å². The first kappa shape index (κ1) is 16.7. The highest BCUT2D eigenvalue weighted by Gasteiger charge is 2.32. The Morgan fingerprint density at radius 1 is 1.23 bits per heavy atom. The van der Waals surface area contributed by atoms with Crippen molar-refractivity contribution in [3.05, 3.63) is 46.4 Å². The third-order valence-electron chi connectivity index (χ3n) is 3.70. The fourth-order valence-electron chi connectivity index (χ4n) is 2.69. The van der Waals surface area contributed by atoms with Crippen molar-refractivity contribution in [2.24, 2.45) is 0 Å². The third kappa shape index (κ3) is 3.39. The first-order valence-electron chi connectivity index (χ1n) is 7.87. The van der Waals surface area contributed by atoms with Gasteiger partial charge in [-0.1, -0.05) is 26.0 Å². The summed E-state index contributed by atoms with van der Waals surface area (Å²) in [6.07, 6.45) is 1.76. The summed E-state index contributed by atoms with van der Waals surface area (Å²) in [7, 11) is 0. The topological polar surface area (TPSA) is 40.5 Å². The van der Waals surface area contributed by atoms with Crippen LogP contribution in [0.25, 0.3) is 10.8 Å². The molecule has 3 rings (SSSR count). The molecule has 1 aliphatic rings. The van der Waals surface area contributed by atoms with E-state index in [0.29, 0.717) is 13.2 Å². The van der Waals surface area contributed by atoms with E-state index in [9.17, 15) is 4.79 Å². The smallest absolute Gasteiger partial charge is 0.258 e. The van der Waals surface area contributed by atoms with E-state index in [1.807, 2.05) is 65.1 Å². The number of pyridine rings is 1. The summed E-state index contributed by atoms with van der Waals surface area (Å²) < 4.78 is 13.0. The first-order valence-corrected chi connectivity index (χ1v) is 7.87. The predicted molar refractivity (Wildman–Crippen MR) is 89.2 cm³/mol. The molecule has 120 valence electrons. The van der Waals surface area contributed by atoms with Crippen molar-refractivity contribution in [1.82, 2.24) is 4.57 Å². The van der Waals surface area contributed by atoms with Crippen LogP contribution >= 0.6 is 0 Å². The molecule has 0 aliphatic carbocycles. The summed E-state index contributed by atoms with van der Waals surface area (Å²) in [6, 6.07) is 7.80. The maximum atomic E-state index is 12.5. The number of hydrogen-bond donors (Lipinski definition) is 0. The second-order valence-corrected chi connectivity index (χ2v) is 5.76. The van der Waals surface area contributed by atoms with Crippen molar-refractivity contribution < 1.29 is 9.47 Å². The van der Waals surface area contributed by atoms with E-state index in [-0.39, 0.29) is 11.7 Å². The number of fused-ring (bicyclic) bond motifs is 1. The van der Waals surface area contributed by atoms with Crippen LogP contribution in [0, 0.1) is 6.92 Å². The van der Waals surface area contributed by atoms with Crippen LogP contribution in [0.1, 0.15) is 33.3 Å². The van der Waals surface area contributed by atoms with Crippen LogP contribution in [0.3, 0.4) is 0 Å². The number of rotatable bonds is 2. The third-order valence-corrected chi connectivity index (χ3v) is 3.70. The van der Waals surface area contributed by atoms with Gasteiger partial charge in [-0.3, -0.25) is 4.79 Å². The van der Waals surface area contributed by atoms with E-state index < -0.39 is 5.79 Å². The number of ether oxygens (including phenoxy) is 2. The summed E-state index contributed by atoms with van der Waals surface area (Å²) in [5.74, 6) is -0.554. The van der Waals surface area contributed by atoms with Crippen molar-refractivity contribution in [2.75, 3.05) is 6.61 Å². The van der Waals surface area contributed by atoms with Gasteiger partial charge in [-0.05, 0) is 43.9 Å². The largest absolute Gasteiger partial charge is 0.348 e. The van der Waals surface area contributed by atoms with Gasteiger partial charge in [-0.25, -0.2) is 0 Å². The highest BCUT2D eigenvalue weighted by atomic mass is 16.7. The van der Waals surface area contributed by atoms with Gasteiger partial charge in [0.05, 0.1) is 13.2 Å². The molecule has 0 N–H and O–H groups in total. The Labute approximate surface area is 131 Å². The molecule has 22 heavy (non-hydrogen) atoms. The molecule has 4 nitrogen and oxygen atoms in total. The Bertz CT molecular complexity index is 703. The van der Waals surface area contributed by atoms with Crippen molar-refractivity contribution in [3.63, 3.8) is 0 Å². The molecule has 1 saturated heterocycles. The summed E-state index contributed by atoms with van der Waals surface area (Å²) in [4.78, 5) is 12.5. The molecule has 0 spiro atoms. The molecule has 1 aliphatic heterocycles. The molecule has 2 aromatic rings. The molecule has 0 bridgehead atoms. The van der Waals surface area contributed by atoms with E-state index in [1.54, 1.807) is 4.57 Å². The summed E-state index contributed by atoms with van der Waals surface area (Å²) >= 11 is 0. The second kappa shape index (κ2) is 6.63. The molecule has 0 radical (unpaired) electrons. The minimum Gasteiger partial charge on any atom is -0.348 e. The summed E-state index contributed by atoms with van der Waals surface area (Å²) in [5.41, 5.74) is 1.15. The Morgan fingerprint density at radius 3 is 2.59 bits per heavy atom. The van der Waals surface area contributed by atoms with E-state index in [1.165, 1.54) is 0 Å². The standard InChI is InChI=1S/C16H19NO3.C2H6/c1-11-5-4-6-14-13(11)7-8-17(15(14)18)9-12-10-19-16(2,3)20-12;1-2/h4-8,12H,9-10H2,1-3H3;1-2H3. The SMILES string of the molecule is CC.Cc1cccc2c(=O)n(CC3COC(C)(C)O3)ccc12. The van der Waals surface area contributed by atoms with Crippen molar-refractivity contribution in [2.45, 2.75) is 53.1 Å². The lowest BCUT2D eigenvalue weighted by atomic mass is 10.1. The zero-order chi connectivity index (χ0) is 16.3. The fraction of sp³-hybridized carbons (Fsp3) is 0.500.